The topological polar surface area (TPSA) is 68.0 Å². The largest absolute Gasteiger partial charge is 0.361 e. The van der Waals surface area contributed by atoms with E-state index in [-0.39, 0.29) is 11.5 Å². The third-order valence-corrected chi connectivity index (χ3v) is 3.77. The second-order valence-corrected chi connectivity index (χ2v) is 5.36. The minimum absolute atomic E-state index is 0.194. The molecule has 2 heterocycles. The molecule has 0 aliphatic carbocycles. The fourth-order valence-electron chi connectivity index (χ4n) is 1.87. The van der Waals surface area contributed by atoms with Crippen LogP contribution < -0.4 is 5.32 Å². The van der Waals surface area contributed by atoms with Crippen LogP contribution in [0.5, 0.6) is 0 Å². The zero-order valence-electron chi connectivity index (χ0n) is 11.7. The van der Waals surface area contributed by atoms with Crippen molar-refractivity contribution in [2.45, 2.75) is 13.3 Å². The van der Waals surface area contributed by atoms with E-state index in [1.165, 1.54) is 17.4 Å². The SMILES string of the molecule is CCc1cc(C(=O)Nc2nc(-c3ccccc3F)cs2)no1. The molecule has 5 nitrogen and oxygen atoms in total. The molecule has 2 aromatic heterocycles. The number of benzene rings is 1. The van der Waals surface area contributed by atoms with Gasteiger partial charge in [-0.3, -0.25) is 10.1 Å². The van der Waals surface area contributed by atoms with Crippen molar-refractivity contribution in [3.05, 3.63) is 53.0 Å². The van der Waals surface area contributed by atoms with E-state index in [9.17, 15) is 9.18 Å². The quantitative estimate of drug-likeness (QED) is 0.795. The van der Waals surface area contributed by atoms with E-state index in [0.717, 1.165) is 0 Å². The Bertz CT molecular complexity index is 812. The van der Waals surface area contributed by atoms with Crippen LogP contribution in [0.15, 0.2) is 40.2 Å². The number of nitrogens with one attached hydrogen (secondary N) is 1. The number of carbonyl (C=O) groups excluding carboxylic acids is 1. The summed E-state index contributed by atoms with van der Waals surface area (Å²) < 4.78 is 18.7. The first-order valence-electron chi connectivity index (χ1n) is 6.64. The Kier molecular flexibility index (Phi) is 3.97. The molecule has 1 aromatic carbocycles. The maximum atomic E-state index is 13.7. The molecule has 0 saturated carbocycles. The molecule has 0 fully saturated rings. The van der Waals surface area contributed by atoms with Gasteiger partial charge in [0.15, 0.2) is 10.8 Å². The molecular weight excluding hydrogens is 305 g/mol. The van der Waals surface area contributed by atoms with Crippen LogP contribution in [0.4, 0.5) is 9.52 Å². The highest BCUT2D eigenvalue weighted by Gasteiger charge is 2.15. The number of hydrogen-bond donors (Lipinski definition) is 1. The summed E-state index contributed by atoms with van der Waals surface area (Å²) in [6.07, 6.45) is 0.662. The number of halogens is 1. The van der Waals surface area contributed by atoms with Crippen LogP contribution in [-0.2, 0) is 6.42 Å². The van der Waals surface area contributed by atoms with Crippen LogP contribution in [0.2, 0.25) is 0 Å². The Morgan fingerprint density at radius 3 is 2.95 bits per heavy atom. The number of thiazole rings is 1. The Labute approximate surface area is 129 Å². The van der Waals surface area contributed by atoms with Gasteiger partial charge in [0.2, 0.25) is 0 Å². The van der Waals surface area contributed by atoms with Gasteiger partial charge in [-0.25, -0.2) is 9.37 Å². The van der Waals surface area contributed by atoms with Crippen molar-refractivity contribution in [3.8, 4) is 11.3 Å². The number of amides is 1. The van der Waals surface area contributed by atoms with Crippen LogP contribution in [-0.4, -0.2) is 16.0 Å². The molecule has 0 unspecified atom stereocenters. The molecule has 0 atom stereocenters. The Hall–Kier alpha value is -2.54. The lowest BCUT2D eigenvalue weighted by molar-refractivity contribution is 0.101. The maximum absolute atomic E-state index is 13.7. The minimum Gasteiger partial charge on any atom is -0.361 e. The second-order valence-electron chi connectivity index (χ2n) is 4.50. The van der Waals surface area contributed by atoms with Crippen LogP contribution in [0, 0.1) is 5.82 Å². The van der Waals surface area contributed by atoms with E-state index >= 15 is 0 Å². The van der Waals surface area contributed by atoms with E-state index in [4.69, 9.17) is 4.52 Å². The molecular formula is C15H12FN3O2S. The van der Waals surface area contributed by atoms with Crippen LogP contribution in [0.25, 0.3) is 11.3 Å². The molecule has 0 saturated heterocycles. The van der Waals surface area contributed by atoms with Gasteiger partial charge in [0, 0.05) is 23.4 Å². The third-order valence-electron chi connectivity index (χ3n) is 3.01. The normalized spacial score (nSPS) is 10.6. The third kappa shape index (κ3) is 2.89. The molecule has 7 heteroatoms. The fraction of sp³-hybridized carbons (Fsp3) is 0.133. The lowest BCUT2D eigenvalue weighted by Gasteiger charge is -1.98. The van der Waals surface area contributed by atoms with Crippen molar-refractivity contribution in [3.63, 3.8) is 0 Å². The van der Waals surface area contributed by atoms with Gasteiger partial charge in [0.1, 0.15) is 11.6 Å². The highest BCUT2D eigenvalue weighted by atomic mass is 32.1. The number of aromatic nitrogens is 2. The Morgan fingerprint density at radius 2 is 2.23 bits per heavy atom. The van der Waals surface area contributed by atoms with E-state index in [2.05, 4.69) is 15.5 Å². The van der Waals surface area contributed by atoms with Gasteiger partial charge < -0.3 is 4.52 Å². The van der Waals surface area contributed by atoms with Crippen molar-refractivity contribution in [2.24, 2.45) is 0 Å². The molecule has 3 rings (SSSR count). The van der Waals surface area contributed by atoms with Gasteiger partial charge in [-0.1, -0.05) is 24.2 Å². The predicted molar refractivity (Wildman–Crippen MR) is 81.3 cm³/mol. The summed E-state index contributed by atoms with van der Waals surface area (Å²) in [4.78, 5) is 16.2. The summed E-state index contributed by atoms with van der Waals surface area (Å²) >= 11 is 1.22. The molecule has 112 valence electrons. The molecule has 3 aromatic rings. The standard InChI is InChI=1S/C15H12FN3O2S/c1-2-9-7-12(19-21-9)14(20)18-15-17-13(8-22-15)10-5-3-4-6-11(10)16/h3-8H,2H2,1H3,(H,17,18,20). The smallest absolute Gasteiger partial charge is 0.279 e. The molecule has 1 amide bonds. The van der Waals surface area contributed by atoms with Gasteiger partial charge in [0.25, 0.3) is 5.91 Å². The van der Waals surface area contributed by atoms with Gasteiger partial charge in [-0.15, -0.1) is 11.3 Å². The van der Waals surface area contributed by atoms with E-state index < -0.39 is 5.91 Å². The van der Waals surface area contributed by atoms with Gasteiger partial charge >= 0.3 is 0 Å². The zero-order chi connectivity index (χ0) is 15.5. The fourth-order valence-corrected chi connectivity index (χ4v) is 2.58. The highest BCUT2D eigenvalue weighted by molar-refractivity contribution is 7.14. The molecule has 22 heavy (non-hydrogen) atoms. The maximum Gasteiger partial charge on any atom is 0.279 e. The van der Waals surface area contributed by atoms with E-state index in [1.807, 2.05) is 6.92 Å². The lowest BCUT2D eigenvalue weighted by atomic mass is 10.2. The Balaban J connectivity index is 1.77. The van der Waals surface area contributed by atoms with Crippen molar-refractivity contribution >= 4 is 22.4 Å². The number of rotatable bonds is 4. The number of anilines is 1. The average molecular weight is 317 g/mol. The lowest BCUT2D eigenvalue weighted by Crippen LogP contribution is -2.11. The summed E-state index contributed by atoms with van der Waals surface area (Å²) in [6, 6.07) is 7.94. The minimum atomic E-state index is -0.405. The first-order chi connectivity index (χ1) is 10.7. The second kappa shape index (κ2) is 6.07. The number of carbonyl (C=O) groups is 1. The van der Waals surface area contributed by atoms with Crippen molar-refractivity contribution in [2.75, 3.05) is 5.32 Å². The molecule has 0 radical (unpaired) electrons. The molecule has 0 aliphatic heterocycles. The van der Waals surface area contributed by atoms with Crippen molar-refractivity contribution < 1.29 is 13.7 Å². The summed E-state index contributed by atoms with van der Waals surface area (Å²) in [5.41, 5.74) is 1.07. The number of nitrogens with zero attached hydrogens (tertiary/aromatic N) is 2. The van der Waals surface area contributed by atoms with Crippen molar-refractivity contribution in [1.29, 1.82) is 0 Å². The van der Waals surface area contributed by atoms with E-state index in [0.29, 0.717) is 28.6 Å². The average Bonchev–Trinajstić information content (AvgIpc) is 3.16. The van der Waals surface area contributed by atoms with Gasteiger partial charge in [0.05, 0.1) is 5.69 Å². The summed E-state index contributed by atoms with van der Waals surface area (Å²) in [6.45, 7) is 1.91. The first kappa shape index (κ1) is 14.4. The van der Waals surface area contributed by atoms with Crippen LogP contribution in [0.1, 0.15) is 23.2 Å². The predicted octanol–water partition coefficient (Wildman–Crippen LogP) is 3.75. The van der Waals surface area contributed by atoms with E-state index in [1.54, 1.807) is 29.6 Å². The van der Waals surface area contributed by atoms with Gasteiger partial charge in [-0.2, -0.15) is 0 Å². The molecule has 1 N–H and O–H groups in total. The molecule has 0 spiro atoms. The Morgan fingerprint density at radius 1 is 1.41 bits per heavy atom. The summed E-state index contributed by atoms with van der Waals surface area (Å²) in [5.74, 6) is -0.121. The first-order valence-corrected chi connectivity index (χ1v) is 7.52. The summed E-state index contributed by atoms with van der Waals surface area (Å²) in [5, 5.41) is 8.39. The number of aryl methyl sites for hydroxylation is 1. The van der Waals surface area contributed by atoms with Crippen LogP contribution in [0.3, 0.4) is 0 Å². The monoisotopic (exact) mass is 317 g/mol. The van der Waals surface area contributed by atoms with Gasteiger partial charge in [-0.05, 0) is 12.1 Å². The zero-order valence-corrected chi connectivity index (χ0v) is 12.5. The summed E-state index contributed by atoms with van der Waals surface area (Å²) in [7, 11) is 0. The highest BCUT2D eigenvalue weighted by Crippen LogP contribution is 2.27. The molecule has 0 aliphatic rings. The van der Waals surface area contributed by atoms with Crippen LogP contribution >= 0.6 is 11.3 Å². The van der Waals surface area contributed by atoms with Crippen molar-refractivity contribution in [1.82, 2.24) is 10.1 Å². The number of hydrogen-bond acceptors (Lipinski definition) is 5. The molecule has 0 bridgehead atoms.